The van der Waals surface area contributed by atoms with Gasteiger partial charge in [-0.05, 0) is 67.9 Å². The van der Waals surface area contributed by atoms with Crippen LogP contribution in [0, 0.1) is 25.7 Å². The van der Waals surface area contributed by atoms with E-state index in [9.17, 15) is 9.59 Å². The number of benzene rings is 2. The van der Waals surface area contributed by atoms with E-state index in [-0.39, 0.29) is 23.7 Å². The van der Waals surface area contributed by atoms with Gasteiger partial charge < -0.3 is 0 Å². The van der Waals surface area contributed by atoms with E-state index in [1.165, 1.54) is 10.5 Å². The summed E-state index contributed by atoms with van der Waals surface area (Å²) in [6, 6.07) is 14.2. The van der Waals surface area contributed by atoms with Gasteiger partial charge in [0.1, 0.15) is 0 Å². The van der Waals surface area contributed by atoms with E-state index in [0.29, 0.717) is 5.92 Å². The van der Waals surface area contributed by atoms with Crippen molar-refractivity contribution in [1.29, 1.82) is 0 Å². The number of hydrogen-bond acceptors (Lipinski definition) is 2. The minimum Gasteiger partial charge on any atom is -0.274 e. The molecular weight excluding hydrogens is 390 g/mol. The lowest BCUT2D eigenvalue weighted by Gasteiger charge is -2.28. The van der Waals surface area contributed by atoms with Crippen molar-refractivity contribution >= 4 is 33.4 Å². The van der Waals surface area contributed by atoms with Gasteiger partial charge in [0.05, 0.1) is 17.5 Å². The number of fused-ring (bicyclic) bond motifs is 1. The molecule has 2 fully saturated rings. The predicted octanol–water partition coefficient (Wildman–Crippen LogP) is 5.14. The second kappa shape index (κ2) is 6.66. The highest BCUT2D eigenvalue weighted by Crippen LogP contribution is 2.46. The highest BCUT2D eigenvalue weighted by atomic mass is 79.9. The van der Waals surface area contributed by atoms with Gasteiger partial charge >= 0.3 is 0 Å². The van der Waals surface area contributed by atoms with Crippen molar-refractivity contribution in [3.63, 3.8) is 0 Å². The Morgan fingerprint density at radius 1 is 0.885 bits per heavy atom. The molecule has 1 heterocycles. The second-order valence-corrected chi connectivity index (χ2v) is 8.32. The highest BCUT2D eigenvalue weighted by molar-refractivity contribution is 9.10. The van der Waals surface area contributed by atoms with Crippen LogP contribution in [0.3, 0.4) is 0 Å². The van der Waals surface area contributed by atoms with Crippen LogP contribution in [-0.2, 0) is 9.59 Å². The Kier molecular flexibility index (Phi) is 4.47. The summed E-state index contributed by atoms with van der Waals surface area (Å²) in [7, 11) is 0. The fraction of sp³-hybridized carbons (Fsp3) is 0.364. The topological polar surface area (TPSA) is 37.4 Å². The fourth-order valence-electron chi connectivity index (χ4n) is 4.46. The maximum atomic E-state index is 13.2. The van der Waals surface area contributed by atoms with E-state index in [1.807, 2.05) is 44.2 Å². The monoisotopic (exact) mass is 411 g/mol. The summed E-state index contributed by atoms with van der Waals surface area (Å²) in [4.78, 5) is 27.7. The van der Waals surface area contributed by atoms with Crippen LogP contribution in [-0.4, -0.2) is 11.8 Å². The van der Waals surface area contributed by atoms with Gasteiger partial charge in [0, 0.05) is 4.47 Å². The largest absolute Gasteiger partial charge is 0.274 e. The lowest BCUT2D eigenvalue weighted by molar-refractivity contribution is -0.122. The zero-order chi connectivity index (χ0) is 18.4. The van der Waals surface area contributed by atoms with Crippen molar-refractivity contribution in [3.8, 4) is 0 Å². The molecule has 2 aliphatic rings. The lowest BCUT2D eigenvalue weighted by Crippen LogP contribution is -2.31. The Morgan fingerprint density at radius 3 is 2.31 bits per heavy atom. The molecule has 0 bridgehead atoms. The minimum atomic E-state index is -0.190. The first kappa shape index (κ1) is 17.5. The molecule has 1 saturated heterocycles. The number of imide groups is 1. The second-order valence-electron chi connectivity index (χ2n) is 7.46. The van der Waals surface area contributed by atoms with Crippen molar-refractivity contribution in [2.45, 2.75) is 39.0 Å². The Morgan fingerprint density at radius 2 is 1.58 bits per heavy atom. The first-order valence-corrected chi connectivity index (χ1v) is 9.96. The molecule has 2 aromatic carbocycles. The summed E-state index contributed by atoms with van der Waals surface area (Å²) in [5.74, 6) is -0.0284. The number of nitrogens with zero attached hydrogens (tertiary/aromatic N) is 1. The molecule has 26 heavy (non-hydrogen) atoms. The Bertz CT molecular complexity index is 877. The molecule has 3 nitrogen and oxygen atoms in total. The first-order valence-electron chi connectivity index (χ1n) is 9.17. The molecule has 2 aromatic rings. The summed E-state index contributed by atoms with van der Waals surface area (Å²) in [5, 5.41) is 0. The Balaban J connectivity index is 1.65. The van der Waals surface area contributed by atoms with E-state index in [2.05, 4.69) is 28.1 Å². The third-order valence-corrected chi connectivity index (χ3v) is 6.99. The van der Waals surface area contributed by atoms with Crippen LogP contribution in [0.2, 0.25) is 0 Å². The molecular formula is C22H22BrNO2. The van der Waals surface area contributed by atoms with Crippen LogP contribution < -0.4 is 4.90 Å². The average molecular weight is 412 g/mol. The van der Waals surface area contributed by atoms with Gasteiger partial charge in [-0.25, -0.2) is 4.90 Å². The van der Waals surface area contributed by atoms with Gasteiger partial charge in [-0.2, -0.15) is 0 Å². The van der Waals surface area contributed by atoms with Crippen molar-refractivity contribution in [2.24, 2.45) is 11.8 Å². The molecule has 1 saturated carbocycles. The Hall–Kier alpha value is -1.94. The highest BCUT2D eigenvalue weighted by Gasteiger charge is 2.51. The molecule has 0 unspecified atom stereocenters. The fourth-order valence-corrected chi connectivity index (χ4v) is 4.89. The smallest absolute Gasteiger partial charge is 0.237 e. The van der Waals surface area contributed by atoms with Gasteiger partial charge in [-0.15, -0.1) is 0 Å². The third-order valence-electron chi connectivity index (χ3n) is 6.13. The van der Waals surface area contributed by atoms with Gasteiger partial charge in [0.2, 0.25) is 11.8 Å². The number of halogens is 1. The molecule has 1 aliphatic heterocycles. The van der Waals surface area contributed by atoms with Gasteiger partial charge in [0.25, 0.3) is 0 Å². The number of carbonyl (C=O) groups is 2. The summed E-state index contributed by atoms with van der Waals surface area (Å²) in [6.45, 7) is 3.98. The van der Waals surface area contributed by atoms with Crippen molar-refractivity contribution in [3.05, 3.63) is 63.6 Å². The van der Waals surface area contributed by atoms with Crippen LogP contribution in [0.5, 0.6) is 0 Å². The van der Waals surface area contributed by atoms with Crippen LogP contribution in [0.15, 0.2) is 46.9 Å². The standard InChI is InChI=1S/C22H22BrNO2/c1-13-14(2)20(11-10-19(13)23)24-21(25)17-9-8-16(12-18(17)22(24)26)15-6-4-3-5-7-15/h3-7,10-11,16-18H,8-9,12H2,1-2H3/t16-,17+,18+/m0/s1. The molecule has 0 aromatic heterocycles. The predicted molar refractivity (Wildman–Crippen MR) is 106 cm³/mol. The zero-order valence-electron chi connectivity index (χ0n) is 15.0. The molecule has 0 spiro atoms. The number of hydrogen-bond donors (Lipinski definition) is 0. The van der Waals surface area contributed by atoms with Crippen LogP contribution in [0.4, 0.5) is 5.69 Å². The van der Waals surface area contributed by atoms with Crippen LogP contribution in [0.1, 0.15) is 41.9 Å². The SMILES string of the molecule is Cc1c(Br)ccc(N2C(=O)[C@@H]3CC[C@H](c4ccccc4)C[C@H]3C2=O)c1C. The van der Waals surface area contributed by atoms with Crippen molar-refractivity contribution in [1.82, 2.24) is 0 Å². The molecule has 2 amide bonds. The summed E-state index contributed by atoms with van der Waals surface area (Å²) < 4.78 is 0.999. The van der Waals surface area contributed by atoms with Crippen molar-refractivity contribution in [2.75, 3.05) is 4.90 Å². The normalized spacial score (nSPS) is 25.5. The third kappa shape index (κ3) is 2.71. The minimum absolute atomic E-state index is 0.0173. The van der Waals surface area contributed by atoms with E-state index >= 15 is 0 Å². The molecule has 1 aliphatic carbocycles. The number of carbonyl (C=O) groups excluding carboxylic acids is 2. The molecule has 134 valence electrons. The summed E-state index contributed by atoms with van der Waals surface area (Å²) in [5.41, 5.74) is 4.08. The van der Waals surface area contributed by atoms with E-state index in [1.54, 1.807) is 0 Å². The zero-order valence-corrected chi connectivity index (χ0v) is 16.6. The maximum Gasteiger partial charge on any atom is 0.237 e. The first-order chi connectivity index (χ1) is 12.5. The molecule has 4 rings (SSSR count). The van der Waals surface area contributed by atoms with Crippen molar-refractivity contribution < 1.29 is 9.59 Å². The average Bonchev–Trinajstić information content (AvgIpc) is 2.91. The Labute approximate surface area is 162 Å². The van der Waals surface area contributed by atoms with Gasteiger partial charge in [-0.3, -0.25) is 9.59 Å². The quantitative estimate of drug-likeness (QED) is 0.641. The van der Waals surface area contributed by atoms with Gasteiger partial charge in [-0.1, -0.05) is 46.3 Å². The van der Waals surface area contributed by atoms with E-state index < -0.39 is 0 Å². The molecule has 4 heteroatoms. The van der Waals surface area contributed by atoms with E-state index in [0.717, 1.165) is 40.5 Å². The summed E-state index contributed by atoms with van der Waals surface area (Å²) in [6.07, 6.45) is 2.53. The van der Waals surface area contributed by atoms with Gasteiger partial charge in [0.15, 0.2) is 0 Å². The number of amides is 2. The molecule has 3 atom stereocenters. The number of anilines is 1. The molecule has 0 radical (unpaired) electrons. The van der Waals surface area contributed by atoms with Crippen LogP contribution >= 0.6 is 15.9 Å². The summed E-state index contributed by atoms with van der Waals surface area (Å²) >= 11 is 3.53. The van der Waals surface area contributed by atoms with E-state index in [4.69, 9.17) is 0 Å². The maximum absolute atomic E-state index is 13.2. The molecule has 0 N–H and O–H groups in total. The lowest BCUT2D eigenvalue weighted by atomic mass is 9.73. The van der Waals surface area contributed by atoms with Crippen LogP contribution in [0.25, 0.3) is 0 Å². The number of rotatable bonds is 2.